The fraction of sp³-hybridized carbons (Fsp3) is 0.733. The zero-order valence-corrected chi connectivity index (χ0v) is 28.3. The van der Waals surface area contributed by atoms with Crippen LogP contribution in [0.15, 0.2) is 34.1 Å². The molecule has 2 aromatic heterocycles. The van der Waals surface area contributed by atoms with E-state index in [4.69, 9.17) is 18.9 Å². The lowest BCUT2D eigenvalue weighted by molar-refractivity contribution is -0.0153. The molecule has 4 rings (SSSR count). The molecule has 246 valence electrons. The van der Waals surface area contributed by atoms with Gasteiger partial charge in [-0.05, 0) is 37.8 Å². The van der Waals surface area contributed by atoms with Gasteiger partial charge in [0.25, 0.3) is 0 Å². The first-order valence-electron chi connectivity index (χ1n) is 15.5. The van der Waals surface area contributed by atoms with Gasteiger partial charge in [-0.2, -0.15) is 9.97 Å². The van der Waals surface area contributed by atoms with Crippen LogP contribution in [0.4, 0.5) is 11.6 Å². The Bertz CT molecular complexity index is 1280. The Morgan fingerprint density at radius 1 is 0.841 bits per heavy atom. The molecule has 0 aliphatic carbocycles. The van der Waals surface area contributed by atoms with E-state index in [0.717, 1.165) is 51.9 Å². The minimum atomic E-state index is -0.322. The molecule has 4 atom stereocenters. The van der Waals surface area contributed by atoms with Gasteiger partial charge in [-0.1, -0.05) is 26.7 Å². The lowest BCUT2D eigenvalue weighted by Gasteiger charge is -2.26. The Kier molecular flexibility index (Phi) is 13.9. The van der Waals surface area contributed by atoms with Gasteiger partial charge in [-0.3, -0.25) is 9.13 Å². The van der Waals surface area contributed by atoms with Gasteiger partial charge in [0, 0.05) is 64.3 Å². The highest BCUT2D eigenvalue weighted by atomic mass is 32.2. The molecule has 2 saturated heterocycles. The maximum atomic E-state index is 12.9. The van der Waals surface area contributed by atoms with Crippen molar-refractivity contribution in [2.24, 2.45) is 5.92 Å². The summed E-state index contributed by atoms with van der Waals surface area (Å²) in [5, 5.41) is 0. The maximum absolute atomic E-state index is 12.9. The molecule has 14 heteroatoms. The van der Waals surface area contributed by atoms with Crippen molar-refractivity contribution in [1.29, 1.82) is 0 Å². The topological polar surface area (TPSA) is 113 Å². The standard InChI is InChI=1S/C30H48N6O6S2/c1-6-33(23-11-15-35(29(37)31-23)25-20-43-27(41-25)18-39-4)13-9-7-8-10-14-34(17-22(2)3)24-12-16-36(30(38)32-24)26-21-44-28(42-26)19-40-5/h11-12,15-16,22,25-28H,6-10,13-14,17-21H2,1-5H3/t25-,26-,27+,28+/m1/s1. The van der Waals surface area contributed by atoms with Crippen LogP contribution in [0.25, 0.3) is 0 Å². The minimum absolute atomic E-state index is 0.0631. The fourth-order valence-electron chi connectivity index (χ4n) is 5.36. The number of aromatic nitrogens is 4. The number of rotatable bonds is 18. The van der Waals surface area contributed by atoms with Crippen LogP contribution in [-0.4, -0.2) is 95.1 Å². The molecule has 2 aliphatic heterocycles. The van der Waals surface area contributed by atoms with Crippen LogP contribution in [0.2, 0.25) is 0 Å². The number of nitrogens with zero attached hydrogens (tertiary/aromatic N) is 6. The first kappa shape index (κ1) is 34.8. The smallest absolute Gasteiger partial charge is 0.351 e. The van der Waals surface area contributed by atoms with Crippen molar-refractivity contribution < 1.29 is 18.9 Å². The average molecular weight is 653 g/mol. The van der Waals surface area contributed by atoms with Crippen molar-refractivity contribution in [3.8, 4) is 0 Å². The summed E-state index contributed by atoms with van der Waals surface area (Å²) in [6.45, 7) is 10.7. The van der Waals surface area contributed by atoms with E-state index in [-0.39, 0.29) is 34.7 Å². The second-order valence-corrected chi connectivity index (χ2v) is 13.8. The summed E-state index contributed by atoms with van der Waals surface area (Å²) in [6, 6.07) is 3.83. The van der Waals surface area contributed by atoms with Crippen LogP contribution >= 0.6 is 23.5 Å². The van der Waals surface area contributed by atoms with Crippen molar-refractivity contribution in [1.82, 2.24) is 19.1 Å². The summed E-state index contributed by atoms with van der Waals surface area (Å²) in [6.07, 6.45) is 7.09. The largest absolute Gasteiger partial charge is 0.381 e. The zero-order valence-electron chi connectivity index (χ0n) is 26.6. The molecule has 0 N–H and O–H groups in total. The molecule has 4 heterocycles. The third-order valence-electron chi connectivity index (χ3n) is 7.55. The average Bonchev–Trinajstić information content (AvgIpc) is 3.66. The zero-order chi connectivity index (χ0) is 31.5. The van der Waals surface area contributed by atoms with E-state index < -0.39 is 0 Å². The summed E-state index contributed by atoms with van der Waals surface area (Å²) in [5.74, 6) is 3.25. The van der Waals surface area contributed by atoms with Gasteiger partial charge >= 0.3 is 11.4 Å². The van der Waals surface area contributed by atoms with Gasteiger partial charge < -0.3 is 28.7 Å². The number of anilines is 2. The Morgan fingerprint density at radius 3 is 1.75 bits per heavy atom. The Balaban J connectivity index is 1.24. The number of methoxy groups -OCH3 is 2. The van der Waals surface area contributed by atoms with Crippen molar-refractivity contribution >= 4 is 35.2 Å². The Labute approximate surface area is 268 Å². The number of ether oxygens (including phenoxy) is 4. The van der Waals surface area contributed by atoms with Crippen molar-refractivity contribution in [2.75, 3.05) is 74.9 Å². The molecule has 2 aromatic rings. The van der Waals surface area contributed by atoms with E-state index >= 15 is 0 Å². The molecule has 0 unspecified atom stereocenters. The molecular weight excluding hydrogens is 605 g/mol. The van der Waals surface area contributed by atoms with Gasteiger partial charge in [0.1, 0.15) is 35.0 Å². The highest BCUT2D eigenvalue weighted by Crippen LogP contribution is 2.32. The van der Waals surface area contributed by atoms with Gasteiger partial charge in [-0.15, -0.1) is 23.5 Å². The SMILES string of the molecule is CCN(CCCCCCN(CC(C)C)c1ccn([C@H]2CS[C@@H](COC)O2)c(=O)n1)c1ccn([C@H]2CS[C@@H](COC)O2)c(=O)n1. The number of hydrogen-bond acceptors (Lipinski definition) is 12. The van der Waals surface area contributed by atoms with Crippen molar-refractivity contribution in [3.05, 3.63) is 45.5 Å². The first-order valence-corrected chi connectivity index (χ1v) is 17.6. The van der Waals surface area contributed by atoms with Gasteiger partial charge in [0.2, 0.25) is 0 Å². The van der Waals surface area contributed by atoms with Crippen LogP contribution < -0.4 is 21.2 Å². The predicted octanol–water partition coefficient (Wildman–Crippen LogP) is 3.82. The van der Waals surface area contributed by atoms with E-state index in [1.165, 1.54) is 0 Å². The maximum Gasteiger partial charge on any atom is 0.351 e. The van der Waals surface area contributed by atoms with Crippen molar-refractivity contribution in [2.45, 2.75) is 69.8 Å². The molecule has 2 aliphatic rings. The number of thioether (sulfide) groups is 2. The van der Waals surface area contributed by atoms with Crippen LogP contribution in [0, 0.1) is 5.92 Å². The van der Waals surface area contributed by atoms with Crippen LogP contribution in [0.1, 0.15) is 58.9 Å². The second kappa shape index (κ2) is 17.6. The van der Waals surface area contributed by atoms with E-state index in [9.17, 15) is 9.59 Å². The molecule has 44 heavy (non-hydrogen) atoms. The van der Waals surface area contributed by atoms with Gasteiger partial charge in [-0.25, -0.2) is 9.59 Å². The van der Waals surface area contributed by atoms with Crippen LogP contribution in [0.3, 0.4) is 0 Å². The molecule has 12 nitrogen and oxygen atoms in total. The Morgan fingerprint density at radius 2 is 1.32 bits per heavy atom. The summed E-state index contributed by atoms with van der Waals surface area (Å²) < 4.78 is 25.4. The van der Waals surface area contributed by atoms with E-state index in [1.54, 1.807) is 53.1 Å². The van der Waals surface area contributed by atoms with Crippen LogP contribution in [-0.2, 0) is 18.9 Å². The highest BCUT2D eigenvalue weighted by Gasteiger charge is 2.29. The van der Waals surface area contributed by atoms with Crippen molar-refractivity contribution in [3.63, 3.8) is 0 Å². The molecule has 0 saturated carbocycles. The minimum Gasteiger partial charge on any atom is -0.381 e. The van der Waals surface area contributed by atoms with Crippen LogP contribution in [0.5, 0.6) is 0 Å². The number of hydrogen-bond donors (Lipinski definition) is 0. The second-order valence-electron chi connectivity index (χ2n) is 11.4. The molecular formula is C30H48N6O6S2. The lowest BCUT2D eigenvalue weighted by Crippen LogP contribution is -2.34. The molecule has 0 aromatic carbocycles. The lowest BCUT2D eigenvalue weighted by atomic mass is 10.1. The van der Waals surface area contributed by atoms with E-state index in [2.05, 4.69) is 40.5 Å². The summed E-state index contributed by atoms with van der Waals surface area (Å²) in [5.41, 5.74) is -0.706. The molecule has 2 fully saturated rings. The molecule has 0 radical (unpaired) electrons. The highest BCUT2D eigenvalue weighted by molar-refractivity contribution is 8.00. The third-order valence-corrected chi connectivity index (χ3v) is 9.74. The fourth-order valence-corrected chi connectivity index (χ4v) is 7.47. The van der Waals surface area contributed by atoms with Gasteiger partial charge in [0.15, 0.2) is 0 Å². The number of unbranched alkanes of at least 4 members (excludes halogenated alkanes) is 3. The van der Waals surface area contributed by atoms with E-state index in [1.807, 2.05) is 18.3 Å². The Hall–Kier alpha value is -2.10. The van der Waals surface area contributed by atoms with E-state index in [0.29, 0.717) is 42.3 Å². The van der Waals surface area contributed by atoms with Gasteiger partial charge in [0.05, 0.1) is 13.2 Å². The quantitative estimate of drug-likeness (QED) is 0.218. The third kappa shape index (κ3) is 9.70. The normalized spacial score (nSPS) is 21.8. The summed E-state index contributed by atoms with van der Waals surface area (Å²) in [7, 11) is 3.29. The molecule has 0 spiro atoms. The molecule has 0 amide bonds. The predicted molar refractivity (Wildman–Crippen MR) is 177 cm³/mol. The summed E-state index contributed by atoms with van der Waals surface area (Å²) >= 11 is 3.29. The summed E-state index contributed by atoms with van der Waals surface area (Å²) in [4.78, 5) is 38.9. The molecule has 0 bridgehead atoms. The monoisotopic (exact) mass is 652 g/mol. The first-order chi connectivity index (χ1) is 21.3.